The molecule has 1 aromatic rings. The zero-order valence-corrected chi connectivity index (χ0v) is 16.8. The highest BCUT2D eigenvalue weighted by Crippen LogP contribution is 2.47. The van der Waals surface area contributed by atoms with Gasteiger partial charge in [0.1, 0.15) is 5.00 Å². The van der Waals surface area contributed by atoms with Crippen LogP contribution in [0.3, 0.4) is 0 Å². The standard InChI is InChI=1S/C19H28ClN3O2/c1-11-14-12(18(4,5)25-11)9-8-10-13(14)21-16(24)15-17(2,3)22-23(7)19(15,6)20/h8-11,15,22H,1-7H3,(H,21,24). The lowest BCUT2D eigenvalue weighted by molar-refractivity contribution is -0.122. The summed E-state index contributed by atoms with van der Waals surface area (Å²) in [7, 11) is 1.86. The number of alkyl halides is 1. The Balaban J connectivity index is 1.95. The monoisotopic (exact) mass is 365 g/mol. The number of benzene rings is 1. The van der Waals surface area contributed by atoms with E-state index in [2.05, 4.69) is 30.7 Å². The minimum absolute atomic E-state index is 0.0683. The molecule has 1 amide bonds. The fourth-order valence-electron chi connectivity index (χ4n) is 4.43. The number of fused-ring (bicyclic) bond motifs is 1. The van der Waals surface area contributed by atoms with E-state index in [0.29, 0.717) is 0 Å². The Hall–Kier alpha value is -1.14. The van der Waals surface area contributed by atoms with Crippen LogP contribution in [0.25, 0.3) is 0 Å². The number of nitrogens with zero attached hydrogens (tertiary/aromatic N) is 1. The van der Waals surface area contributed by atoms with E-state index in [9.17, 15) is 4.79 Å². The molecular weight excluding hydrogens is 338 g/mol. The highest BCUT2D eigenvalue weighted by Gasteiger charge is 2.56. The molecule has 1 saturated heterocycles. The van der Waals surface area contributed by atoms with Crippen molar-refractivity contribution in [2.45, 2.75) is 63.8 Å². The first-order valence-corrected chi connectivity index (χ1v) is 9.08. The molecule has 2 N–H and O–H groups in total. The highest BCUT2D eigenvalue weighted by molar-refractivity contribution is 6.25. The molecule has 3 unspecified atom stereocenters. The molecule has 2 heterocycles. The first-order chi connectivity index (χ1) is 11.4. The summed E-state index contributed by atoms with van der Waals surface area (Å²) < 4.78 is 6.07. The van der Waals surface area contributed by atoms with Crippen LogP contribution in [0.4, 0.5) is 5.69 Å². The molecule has 138 valence electrons. The normalized spacial score (nSPS) is 33.3. The largest absolute Gasteiger partial charge is 0.363 e. The van der Waals surface area contributed by atoms with Crippen molar-refractivity contribution < 1.29 is 9.53 Å². The summed E-state index contributed by atoms with van der Waals surface area (Å²) in [6.45, 7) is 12.0. The number of carbonyl (C=O) groups is 1. The summed E-state index contributed by atoms with van der Waals surface area (Å²) >= 11 is 6.70. The van der Waals surface area contributed by atoms with Crippen LogP contribution in [-0.4, -0.2) is 28.5 Å². The van der Waals surface area contributed by atoms with E-state index >= 15 is 0 Å². The molecule has 2 aliphatic heterocycles. The van der Waals surface area contributed by atoms with Crippen molar-refractivity contribution in [3.05, 3.63) is 29.3 Å². The van der Waals surface area contributed by atoms with Gasteiger partial charge in [-0.2, -0.15) is 0 Å². The van der Waals surface area contributed by atoms with Gasteiger partial charge in [-0.3, -0.25) is 4.79 Å². The number of nitrogens with one attached hydrogen (secondary N) is 2. The van der Waals surface area contributed by atoms with Gasteiger partial charge < -0.3 is 10.1 Å². The van der Waals surface area contributed by atoms with Crippen LogP contribution in [0.5, 0.6) is 0 Å². The number of hydrazine groups is 1. The Labute approximate surface area is 155 Å². The molecular formula is C19H28ClN3O2. The molecule has 6 heteroatoms. The number of anilines is 1. The third-order valence-electron chi connectivity index (χ3n) is 5.51. The molecule has 0 spiro atoms. The lowest BCUT2D eigenvalue weighted by Gasteiger charge is -2.31. The third kappa shape index (κ3) is 2.87. The fraction of sp³-hybridized carbons (Fsp3) is 0.632. The predicted octanol–water partition coefficient (Wildman–Crippen LogP) is 3.75. The van der Waals surface area contributed by atoms with Crippen LogP contribution in [0.15, 0.2) is 18.2 Å². The summed E-state index contributed by atoms with van der Waals surface area (Å²) in [6.07, 6.45) is -0.0683. The molecule has 1 fully saturated rings. The number of ether oxygens (including phenoxy) is 1. The lowest BCUT2D eigenvalue weighted by atomic mass is 9.83. The van der Waals surface area contributed by atoms with Crippen LogP contribution in [0.2, 0.25) is 0 Å². The van der Waals surface area contributed by atoms with Crippen molar-refractivity contribution >= 4 is 23.2 Å². The zero-order chi connectivity index (χ0) is 18.8. The minimum atomic E-state index is -0.813. The van der Waals surface area contributed by atoms with Crippen LogP contribution in [-0.2, 0) is 15.1 Å². The number of hydrogen-bond donors (Lipinski definition) is 2. The van der Waals surface area contributed by atoms with E-state index in [1.54, 1.807) is 0 Å². The van der Waals surface area contributed by atoms with E-state index in [-0.39, 0.29) is 17.6 Å². The van der Waals surface area contributed by atoms with Gasteiger partial charge in [0.2, 0.25) is 5.91 Å². The van der Waals surface area contributed by atoms with Crippen LogP contribution in [0, 0.1) is 5.92 Å². The van der Waals surface area contributed by atoms with Gasteiger partial charge in [-0.25, -0.2) is 10.4 Å². The van der Waals surface area contributed by atoms with E-state index in [0.717, 1.165) is 16.8 Å². The molecule has 3 rings (SSSR count). The Morgan fingerprint density at radius 1 is 1.28 bits per heavy atom. The summed E-state index contributed by atoms with van der Waals surface area (Å²) in [5, 5.41) is 4.92. The van der Waals surface area contributed by atoms with E-state index in [1.165, 1.54) is 0 Å². The van der Waals surface area contributed by atoms with Gasteiger partial charge in [-0.15, -0.1) is 0 Å². The Kier molecular flexibility index (Phi) is 4.24. The van der Waals surface area contributed by atoms with Crippen molar-refractivity contribution in [2.24, 2.45) is 5.92 Å². The second-order valence-electron chi connectivity index (χ2n) is 8.38. The summed E-state index contributed by atoms with van der Waals surface area (Å²) in [5.74, 6) is -0.516. The lowest BCUT2D eigenvalue weighted by Crippen LogP contribution is -2.47. The molecule has 1 aromatic carbocycles. The Morgan fingerprint density at radius 2 is 1.92 bits per heavy atom. The number of hydrogen-bond acceptors (Lipinski definition) is 4. The van der Waals surface area contributed by atoms with Gasteiger partial charge in [0.15, 0.2) is 0 Å². The number of rotatable bonds is 2. The topological polar surface area (TPSA) is 53.6 Å². The predicted molar refractivity (Wildman–Crippen MR) is 100 cm³/mol. The number of amides is 1. The Bertz CT molecular complexity index is 715. The Morgan fingerprint density at radius 3 is 2.48 bits per heavy atom. The average Bonchev–Trinajstić information content (AvgIpc) is 2.77. The molecule has 0 aliphatic carbocycles. The summed E-state index contributed by atoms with van der Waals surface area (Å²) in [6, 6.07) is 5.96. The van der Waals surface area contributed by atoms with Crippen molar-refractivity contribution in [3.63, 3.8) is 0 Å². The van der Waals surface area contributed by atoms with Gasteiger partial charge in [0, 0.05) is 23.8 Å². The molecule has 5 nitrogen and oxygen atoms in total. The second-order valence-corrected chi connectivity index (χ2v) is 9.14. The molecule has 0 saturated carbocycles. The average molecular weight is 366 g/mol. The molecule has 3 atom stereocenters. The SMILES string of the molecule is CC1OC(C)(C)c2cccc(NC(=O)C3C(C)(C)NN(C)C3(C)Cl)c21. The molecule has 0 bridgehead atoms. The van der Waals surface area contributed by atoms with Crippen molar-refractivity contribution in [2.75, 3.05) is 12.4 Å². The third-order valence-corrected chi connectivity index (χ3v) is 5.98. The highest BCUT2D eigenvalue weighted by atomic mass is 35.5. The number of halogens is 1. The van der Waals surface area contributed by atoms with E-state index in [4.69, 9.17) is 16.3 Å². The van der Waals surface area contributed by atoms with Crippen LogP contribution in [0.1, 0.15) is 58.8 Å². The van der Waals surface area contributed by atoms with E-state index < -0.39 is 16.5 Å². The van der Waals surface area contributed by atoms with Gasteiger partial charge in [0.25, 0.3) is 0 Å². The van der Waals surface area contributed by atoms with Crippen molar-refractivity contribution in [3.8, 4) is 0 Å². The van der Waals surface area contributed by atoms with E-state index in [1.807, 2.05) is 51.9 Å². The van der Waals surface area contributed by atoms with Gasteiger partial charge in [-0.1, -0.05) is 23.7 Å². The summed E-state index contributed by atoms with van der Waals surface area (Å²) in [4.78, 5) is 12.3. The smallest absolute Gasteiger partial charge is 0.232 e. The van der Waals surface area contributed by atoms with Gasteiger partial charge in [-0.05, 0) is 53.2 Å². The first kappa shape index (κ1) is 18.6. The molecule has 0 radical (unpaired) electrons. The maximum atomic E-state index is 13.2. The van der Waals surface area contributed by atoms with Gasteiger partial charge in [0.05, 0.1) is 17.6 Å². The molecule has 0 aromatic heterocycles. The van der Waals surface area contributed by atoms with Crippen molar-refractivity contribution in [1.82, 2.24) is 10.4 Å². The van der Waals surface area contributed by atoms with Crippen LogP contribution < -0.4 is 10.7 Å². The van der Waals surface area contributed by atoms with Crippen molar-refractivity contribution in [1.29, 1.82) is 0 Å². The maximum Gasteiger partial charge on any atom is 0.232 e. The van der Waals surface area contributed by atoms with Gasteiger partial charge >= 0.3 is 0 Å². The minimum Gasteiger partial charge on any atom is -0.363 e. The van der Waals surface area contributed by atoms with Crippen LogP contribution >= 0.6 is 11.6 Å². The fourth-order valence-corrected chi connectivity index (χ4v) is 4.85. The zero-order valence-electron chi connectivity index (χ0n) is 16.0. The second kappa shape index (κ2) is 5.68. The maximum absolute atomic E-state index is 13.2. The quantitative estimate of drug-likeness (QED) is 0.619. The molecule has 2 aliphatic rings. The molecule has 25 heavy (non-hydrogen) atoms. The number of carbonyl (C=O) groups excluding carboxylic acids is 1. The first-order valence-electron chi connectivity index (χ1n) is 8.70. The summed E-state index contributed by atoms with van der Waals surface area (Å²) in [5.41, 5.74) is 5.46.